The Hall–Kier alpha value is -1.60. The molecule has 4 rings (SSSR count). The first-order valence-corrected chi connectivity index (χ1v) is 12.9. The third kappa shape index (κ3) is 4.77. The number of para-hydroxylation sites is 1. The average Bonchev–Trinajstić information content (AvgIpc) is 2.80. The number of ether oxygens (including phenoxy) is 1. The molecule has 0 saturated carbocycles. The number of aromatic nitrogens is 1. The monoisotopic (exact) mass is 440 g/mol. The molecule has 2 heterocycles. The van der Waals surface area contributed by atoms with Gasteiger partial charge in [0.05, 0.1) is 18.0 Å². The van der Waals surface area contributed by atoms with Gasteiger partial charge in [0.15, 0.2) is 0 Å². The molecule has 1 saturated heterocycles. The van der Waals surface area contributed by atoms with Gasteiger partial charge in [0.25, 0.3) is 0 Å². The van der Waals surface area contributed by atoms with Gasteiger partial charge in [-0.15, -0.1) is 23.4 Å². The zero-order chi connectivity index (χ0) is 20.1. The van der Waals surface area contributed by atoms with Crippen molar-refractivity contribution in [1.82, 2.24) is 4.98 Å². The first-order chi connectivity index (χ1) is 14.3. The first kappa shape index (κ1) is 20.7. The van der Waals surface area contributed by atoms with Gasteiger partial charge in [-0.2, -0.15) is 0 Å². The number of nitrogens with zero attached hydrogens (tertiary/aromatic N) is 2. The molecule has 1 atom stereocenters. The molecule has 0 spiro atoms. The van der Waals surface area contributed by atoms with E-state index in [9.17, 15) is 0 Å². The number of pyridine rings is 1. The van der Waals surface area contributed by atoms with Crippen LogP contribution in [0.25, 0.3) is 11.3 Å². The summed E-state index contributed by atoms with van der Waals surface area (Å²) in [5, 5.41) is 0. The molecule has 1 aliphatic rings. The van der Waals surface area contributed by atoms with Crippen molar-refractivity contribution in [3.05, 3.63) is 78.0 Å². The van der Waals surface area contributed by atoms with Gasteiger partial charge < -0.3 is 9.64 Å². The van der Waals surface area contributed by atoms with Crippen molar-refractivity contribution < 1.29 is 4.74 Å². The summed E-state index contributed by atoms with van der Waals surface area (Å²) in [6, 6.07) is 21.3. The lowest BCUT2D eigenvalue weighted by Gasteiger charge is -2.36. The van der Waals surface area contributed by atoms with E-state index in [1.807, 2.05) is 18.3 Å². The largest absolute Gasteiger partial charge is 0.370 e. The zero-order valence-electron chi connectivity index (χ0n) is 16.3. The van der Waals surface area contributed by atoms with Crippen molar-refractivity contribution >= 4 is 39.9 Å². The van der Waals surface area contributed by atoms with Crippen molar-refractivity contribution in [2.24, 2.45) is 0 Å². The maximum absolute atomic E-state index is 6.19. The lowest BCUT2D eigenvalue weighted by Crippen LogP contribution is -2.38. The van der Waals surface area contributed by atoms with Crippen molar-refractivity contribution in [1.29, 1.82) is 0 Å². The predicted octanol–water partition coefficient (Wildman–Crippen LogP) is 6.13. The van der Waals surface area contributed by atoms with Crippen molar-refractivity contribution in [3.63, 3.8) is 0 Å². The van der Waals surface area contributed by atoms with Gasteiger partial charge in [0, 0.05) is 35.5 Å². The number of thioether (sulfide) groups is 1. The van der Waals surface area contributed by atoms with Crippen molar-refractivity contribution in [3.8, 4) is 11.3 Å². The van der Waals surface area contributed by atoms with E-state index in [0.717, 1.165) is 36.7 Å². The highest BCUT2D eigenvalue weighted by Gasteiger charge is 2.24. The Balaban J connectivity index is 1.64. The Kier molecular flexibility index (Phi) is 7.08. The average molecular weight is 441 g/mol. The Bertz CT molecular complexity index is 952. The fourth-order valence-corrected chi connectivity index (χ4v) is 5.14. The summed E-state index contributed by atoms with van der Waals surface area (Å²) < 4.78 is 6.19. The number of rotatable bonds is 6. The van der Waals surface area contributed by atoms with Gasteiger partial charge in [-0.25, -0.2) is 0 Å². The third-order valence-electron chi connectivity index (χ3n) is 5.16. The molecule has 29 heavy (non-hydrogen) atoms. The summed E-state index contributed by atoms with van der Waals surface area (Å²) in [5.41, 5.74) is 5.89. The molecular formula is C23H24N2OS3. The standard InChI is InChI=1S/C23H24N2OS3/c1-28-23-8-3-2-7-21(23)25-12-13-26-22(15-25)17-9-10-18(16-29-27)19(14-17)20-6-4-5-11-24-20/h2-11,14,22,27H,12-13,15-16H2,1H3. The van der Waals surface area contributed by atoms with E-state index < -0.39 is 0 Å². The second-order valence-electron chi connectivity index (χ2n) is 6.88. The van der Waals surface area contributed by atoms with Gasteiger partial charge in [0.1, 0.15) is 6.10 Å². The van der Waals surface area contributed by atoms with Crippen LogP contribution in [0.2, 0.25) is 0 Å². The lowest BCUT2D eigenvalue weighted by atomic mass is 9.98. The summed E-state index contributed by atoms with van der Waals surface area (Å²) in [6.07, 6.45) is 4.02. The predicted molar refractivity (Wildman–Crippen MR) is 129 cm³/mol. The summed E-state index contributed by atoms with van der Waals surface area (Å²) in [6.45, 7) is 2.48. The van der Waals surface area contributed by atoms with Gasteiger partial charge in [-0.3, -0.25) is 4.98 Å². The normalized spacial score (nSPS) is 16.8. The fourth-order valence-electron chi connectivity index (χ4n) is 3.71. The summed E-state index contributed by atoms with van der Waals surface area (Å²) in [4.78, 5) is 8.33. The molecule has 0 radical (unpaired) electrons. The molecule has 0 aliphatic carbocycles. The second-order valence-corrected chi connectivity index (χ2v) is 9.05. The van der Waals surface area contributed by atoms with Gasteiger partial charge in [-0.1, -0.05) is 41.1 Å². The van der Waals surface area contributed by atoms with Crippen LogP contribution in [-0.4, -0.2) is 30.9 Å². The summed E-state index contributed by atoms with van der Waals surface area (Å²) >= 11 is 6.15. The van der Waals surface area contributed by atoms with Crippen LogP contribution < -0.4 is 4.90 Å². The fraction of sp³-hybridized carbons (Fsp3) is 0.261. The van der Waals surface area contributed by atoms with Crippen LogP contribution in [0.1, 0.15) is 17.2 Å². The van der Waals surface area contributed by atoms with Crippen LogP contribution in [-0.2, 0) is 10.5 Å². The molecule has 0 bridgehead atoms. The van der Waals surface area contributed by atoms with Crippen LogP contribution in [0.3, 0.4) is 0 Å². The maximum Gasteiger partial charge on any atom is 0.100 e. The topological polar surface area (TPSA) is 25.4 Å². The maximum atomic E-state index is 6.19. The van der Waals surface area contributed by atoms with Crippen LogP contribution >= 0.6 is 34.2 Å². The molecule has 2 aromatic carbocycles. The highest BCUT2D eigenvalue weighted by atomic mass is 33.1. The minimum Gasteiger partial charge on any atom is -0.370 e. The third-order valence-corrected chi connectivity index (χ3v) is 6.77. The van der Waals surface area contributed by atoms with E-state index in [2.05, 4.69) is 76.3 Å². The molecule has 0 N–H and O–H groups in total. The van der Waals surface area contributed by atoms with E-state index >= 15 is 0 Å². The molecule has 1 aliphatic heterocycles. The van der Waals surface area contributed by atoms with E-state index in [1.54, 1.807) is 11.8 Å². The molecule has 3 aromatic rings. The number of anilines is 1. The zero-order valence-corrected chi connectivity index (χ0v) is 18.9. The number of thiol groups is 1. The minimum atomic E-state index is 0.0406. The van der Waals surface area contributed by atoms with Crippen LogP contribution in [0.4, 0.5) is 5.69 Å². The highest BCUT2D eigenvalue weighted by molar-refractivity contribution is 8.68. The van der Waals surface area contributed by atoms with E-state index in [-0.39, 0.29) is 6.10 Å². The molecule has 150 valence electrons. The first-order valence-electron chi connectivity index (χ1n) is 9.60. The Morgan fingerprint density at radius 2 is 2.00 bits per heavy atom. The SMILES string of the molecule is CSc1ccccc1N1CCOC(c2ccc(CSS)c(-c3ccccn3)c2)C1. The van der Waals surface area contributed by atoms with E-state index in [0.29, 0.717) is 0 Å². The van der Waals surface area contributed by atoms with Gasteiger partial charge in [0.2, 0.25) is 0 Å². The lowest BCUT2D eigenvalue weighted by molar-refractivity contribution is 0.0396. The second kappa shape index (κ2) is 9.94. The molecule has 1 unspecified atom stereocenters. The molecule has 1 aromatic heterocycles. The Morgan fingerprint density at radius 1 is 1.14 bits per heavy atom. The van der Waals surface area contributed by atoms with E-state index in [1.165, 1.54) is 32.5 Å². The van der Waals surface area contributed by atoms with Gasteiger partial charge >= 0.3 is 0 Å². The molecule has 0 amide bonds. The van der Waals surface area contributed by atoms with Crippen LogP contribution in [0.15, 0.2) is 71.8 Å². The van der Waals surface area contributed by atoms with Crippen LogP contribution in [0.5, 0.6) is 0 Å². The molecule has 6 heteroatoms. The number of morpholine rings is 1. The highest BCUT2D eigenvalue weighted by Crippen LogP contribution is 2.35. The number of benzene rings is 2. The van der Waals surface area contributed by atoms with E-state index in [4.69, 9.17) is 4.74 Å². The summed E-state index contributed by atoms with van der Waals surface area (Å²) in [5.74, 6) is 0.841. The number of hydrogen-bond acceptors (Lipinski definition) is 6. The number of hydrogen-bond donors (Lipinski definition) is 1. The Labute approximate surface area is 186 Å². The summed E-state index contributed by atoms with van der Waals surface area (Å²) in [7, 11) is 1.53. The molecular weight excluding hydrogens is 416 g/mol. The molecule has 1 fully saturated rings. The van der Waals surface area contributed by atoms with Crippen molar-refractivity contribution in [2.75, 3.05) is 30.9 Å². The van der Waals surface area contributed by atoms with Gasteiger partial charge in [-0.05, 0) is 47.7 Å². The van der Waals surface area contributed by atoms with Crippen LogP contribution in [0, 0.1) is 0 Å². The Morgan fingerprint density at radius 3 is 2.79 bits per heavy atom. The smallest absolute Gasteiger partial charge is 0.100 e. The van der Waals surface area contributed by atoms with Crippen molar-refractivity contribution in [2.45, 2.75) is 16.8 Å². The quantitative estimate of drug-likeness (QED) is 0.283. The molecule has 3 nitrogen and oxygen atoms in total. The minimum absolute atomic E-state index is 0.0406.